The summed E-state index contributed by atoms with van der Waals surface area (Å²) >= 11 is 0. The van der Waals surface area contributed by atoms with E-state index in [0.29, 0.717) is 17.8 Å². The van der Waals surface area contributed by atoms with Crippen molar-refractivity contribution in [1.29, 1.82) is 0 Å². The molecule has 0 atom stereocenters. The summed E-state index contributed by atoms with van der Waals surface area (Å²) in [5.74, 6) is -0.0216. The van der Waals surface area contributed by atoms with E-state index >= 15 is 0 Å². The molecule has 1 saturated heterocycles. The van der Waals surface area contributed by atoms with Crippen molar-refractivity contribution in [1.82, 2.24) is 24.8 Å². The minimum Gasteiger partial charge on any atom is -0.351 e. The molecule has 1 N–H and O–H groups in total. The predicted octanol–water partition coefficient (Wildman–Crippen LogP) is 3.19. The molecule has 0 radical (unpaired) electrons. The van der Waals surface area contributed by atoms with Gasteiger partial charge >= 0.3 is 6.18 Å². The van der Waals surface area contributed by atoms with Crippen LogP contribution in [-0.4, -0.2) is 52.0 Å². The van der Waals surface area contributed by atoms with E-state index < -0.39 is 11.9 Å². The van der Waals surface area contributed by atoms with Gasteiger partial charge in [-0.15, -0.1) is 0 Å². The van der Waals surface area contributed by atoms with Crippen molar-refractivity contribution in [2.24, 2.45) is 7.05 Å². The summed E-state index contributed by atoms with van der Waals surface area (Å²) < 4.78 is 40.9. The molecule has 0 bridgehead atoms. The summed E-state index contributed by atoms with van der Waals surface area (Å²) in [6, 6.07) is 4.29. The quantitative estimate of drug-likeness (QED) is 0.615. The predicted molar refractivity (Wildman–Crippen MR) is 116 cm³/mol. The fraction of sp³-hybridized carbons (Fsp3) is 0.375. The molecule has 33 heavy (non-hydrogen) atoms. The highest BCUT2D eigenvalue weighted by Gasteiger charge is 2.51. The normalized spacial score (nSPS) is 18.9. The van der Waals surface area contributed by atoms with E-state index in [4.69, 9.17) is 0 Å². The Morgan fingerprint density at radius 2 is 1.88 bits per heavy atom. The topological polar surface area (TPSA) is 63.1 Å². The highest BCUT2D eigenvalue weighted by Crippen LogP contribution is 2.46. The van der Waals surface area contributed by atoms with Crippen molar-refractivity contribution >= 4 is 5.91 Å². The zero-order valence-electron chi connectivity index (χ0n) is 18.3. The molecule has 6 rings (SSSR count). The number of halogens is 3. The zero-order chi connectivity index (χ0) is 23.1. The number of nitrogens with one attached hydrogen (secondary N) is 1. The lowest BCUT2D eigenvalue weighted by Crippen LogP contribution is -2.65. The third-order valence-electron chi connectivity index (χ3n) is 7.19. The Balaban J connectivity index is 1.49. The Morgan fingerprint density at radius 1 is 1.09 bits per heavy atom. The standard InChI is InChI=1S/C24H22F3N5O/c1-31-11-23(12-31)10-30-22(33)19-15-5-3-13-8-28-17(7-16(13)20(15)32(2)21(19)23)14-4-6-18(29-9-14)24(25,26)27/h4,6-9H,3,5,10-12H2,1-2H3,(H,30,33). The van der Waals surface area contributed by atoms with Gasteiger partial charge in [0.15, 0.2) is 0 Å². The number of carbonyl (C=O) groups is 1. The van der Waals surface area contributed by atoms with Gasteiger partial charge in [-0.3, -0.25) is 14.8 Å². The van der Waals surface area contributed by atoms with Crippen molar-refractivity contribution in [3.8, 4) is 22.5 Å². The van der Waals surface area contributed by atoms with Crippen molar-refractivity contribution in [3.05, 3.63) is 58.7 Å². The van der Waals surface area contributed by atoms with Crippen molar-refractivity contribution in [2.75, 3.05) is 26.7 Å². The summed E-state index contributed by atoms with van der Waals surface area (Å²) in [5, 5.41) is 3.10. The second-order valence-electron chi connectivity index (χ2n) is 9.40. The molecular weight excluding hydrogens is 431 g/mol. The van der Waals surface area contributed by atoms with Crippen LogP contribution in [0.4, 0.5) is 13.2 Å². The first-order chi connectivity index (χ1) is 15.7. The maximum atomic E-state index is 12.9. The number of carbonyl (C=O) groups excluding carboxylic acids is 1. The number of fused-ring (bicyclic) bond motifs is 6. The van der Waals surface area contributed by atoms with Gasteiger partial charge in [0, 0.05) is 55.9 Å². The van der Waals surface area contributed by atoms with Crippen LogP contribution in [0.1, 0.15) is 32.9 Å². The van der Waals surface area contributed by atoms with Gasteiger partial charge < -0.3 is 14.8 Å². The minimum absolute atomic E-state index is 0.0216. The maximum Gasteiger partial charge on any atom is 0.433 e. The van der Waals surface area contributed by atoms with E-state index in [9.17, 15) is 18.0 Å². The van der Waals surface area contributed by atoms with Crippen molar-refractivity contribution in [2.45, 2.75) is 24.4 Å². The van der Waals surface area contributed by atoms with Crippen LogP contribution in [0.15, 0.2) is 30.6 Å². The van der Waals surface area contributed by atoms with E-state index in [2.05, 4.69) is 31.8 Å². The number of hydrogen-bond donors (Lipinski definition) is 1. The van der Waals surface area contributed by atoms with Crippen molar-refractivity contribution < 1.29 is 18.0 Å². The number of hydrogen-bond acceptors (Lipinski definition) is 4. The minimum atomic E-state index is -4.48. The number of nitrogens with zero attached hydrogens (tertiary/aromatic N) is 4. The van der Waals surface area contributed by atoms with Crippen LogP contribution in [0.5, 0.6) is 0 Å². The number of likely N-dealkylation sites (N-methyl/N-ethyl adjacent to an activating group) is 1. The molecule has 2 aliphatic heterocycles. The van der Waals surface area contributed by atoms with E-state index in [1.165, 1.54) is 12.3 Å². The van der Waals surface area contributed by atoms with Crippen LogP contribution in [0, 0.1) is 0 Å². The lowest BCUT2D eigenvalue weighted by molar-refractivity contribution is -0.141. The summed E-state index contributed by atoms with van der Waals surface area (Å²) in [4.78, 5) is 23.3. The van der Waals surface area contributed by atoms with Crippen LogP contribution in [0.3, 0.4) is 0 Å². The molecule has 3 aromatic rings. The van der Waals surface area contributed by atoms with Crippen LogP contribution in [0.2, 0.25) is 0 Å². The fourth-order valence-corrected chi connectivity index (χ4v) is 5.90. The van der Waals surface area contributed by atoms with Gasteiger partial charge in [-0.05, 0) is 49.2 Å². The second kappa shape index (κ2) is 6.66. The number of pyridine rings is 2. The number of aryl methyl sites for hydroxylation is 1. The number of aromatic nitrogens is 3. The largest absolute Gasteiger partial charge is 0.433 e. The second-order valence-corrected chi connectivity index (χ2v) is 9.40. The van der Waals surface area contributed by atoms with Crippen LogP contribution < -0.4 is 5.32 Å². The SMILES string of the molecule is CN1CC2(CNC(=O)c3c4c(n(C)c32)-c2cc(-c3ccc(C(F)(F)F)nc3)ncc2CC4)C1. The number of likely N-dealkylation sites (tertiary alicyclic amines) is 1. The van der Waals surface area contributed by atoms with Crippen LogP contribution >= 0.6 is 0 Å². The highest BCUT2D eigenvalue weighted by molar-refractivity contribution is 6.01. The van der Waals surface area contributed by atoms with Gasteiger partial charge in [-0.2, -0.15) is 13.2 Å². The smallest absolute Gasteiger partial charge is 0.351 e. The first-order valence-electron chi connectivity index (χ1n) is 10.9. The number of rotatable bonds is 1. The average Bonchev–Trinajstić information content (AvgIpc) is 3.08. The molecule has 6 nitrogen and oxygen atoms in total. The molecule has 0 aromatic carbocycles. The fourth-order valence-electron chi connectivity index (χ4n) is 5.90. The lowest BCUT2D eigenvalue weighted by atomic mass is 9.72. The third kappa shape index (κ3) is 2.88. The highest BCUT2D eigenvalue weighted by atomic mass is 19.4. The van der Waals surface area contributed by atoms with Gasteiger partial charge in [-0.1, -0.05) is 0 Å². The van der Waals surface area contributed by atoms with E-state index in [1.54, 1.807) is 6.20 Å². The van der Waals surface area contributed by atoms with Gasteiger partial charge in [-0.25, -0.2) is 0 Å². The van der Waals surface area contributed by atoms with Gasteiger partial charge in [0.05, 0.1) is 22.4 Å². The molecule has 1 aliphatic carbocycles. The summed E-state index contributed by atoms with van der Waals surface area (Å²) in [6.45, 7) is 2.41. The molecule has 3 aromatic heterocycles. The Morgan fingerprint density at radius 3 is 2.55 bits per heavy atom. The molecule has 5 heterocycles. The van der Waals surface area contributed by atoms with Crippen LogP contribution in [0.25, 0.3) is 22.5 Å². The van der Waals surface area contributed by atoms with Crippen LogP contribution in [-0.2, 0) is 31.5 Å². The molecule has 1 fully saturated rings. The van der Waals surface area contributed by atoms with Crippen molar-refractivity contribution in [3.63, 3.8) is 0 Å². The monoisotopic (exact) mass is 453 g/mol. The summed E-state index contributed by atoms with van der Waals surface area (Å²) in [6.07, 6.45) is 0.0460. The Kier molecular flexibility index (Phi) is 4.12. The molecule has 0 unspecified atom stereocenters. The number of amides is 1. The summed E-state index contributed by atoms with van der Waals surface area (Å²) in [5.41, 5.74) is 6.07. The first kappa shape index (κ1) is 20.4. The van der Waals surface area contributed by atoms with Gasteiger partial charge in [0.25, 0.3) is 5.91 Å². The molecular formula is C24H22F3N5O. The number of alkyl halides is 3. The summed E-state index contributed by atoms with van der Waals surface area (Å²) in [7, 11) is 4.10. The molecule has 9 heteroatoms. The zero-order valence-corrected chi connectivity index (χ0v) is 18.3. The molecule has 170 valence electrons. The van der Waals surface area contributed by atoms with E-state index in [1.807, 2.05) is 13.1 Å². The maximum absolute atomic E-state index is 12.9. The van der Waals surface area contributed by atoms with E-state index in [0.717, 1.165) is 65.6 Å². The average molecular weight is 453 g/mol. The third-order valence-corrected chi connectivity index (χ3v) is 7.19. The first-order valence-corrected chi connectivity index (χ1v) is 10.9. The molecule has 0 saturated carbocycles. The van der Waals surface area contributed by atoms with E-state index in [-0.39, 0.29) is 11.3 Å². The lowest BCUT2D eigenvalue weighted by Gasteiger charge is -2.51. The molecule has 1 spiro atoms. The molecule has 1 amide bonds. The van der Waals surface area contributed by atoms with Gasteiger partial charge in [0.1, 0.15) is 5.69 Å². The Labute approximate surface area is 188 Å². The Hall–Kier alpha value is -3.20. The van der Waals surface area contributed by atoms with Gasteiger partial charge in [0.2, 0.25) is 0 Å². The molecule has 3 aliphatic rings. The Bertz CT molecular complexity index is 1300.